The molecule has 7 nitrogen and oxygen atoms in total. The predicted octanol–water partition coefficient (Wildman–Crippen LogP) is 1.50. The third-order valence-corrected chi connectivity index (χ3v) is 4.43. The number of aliphatic hydroxyl groups is 1. The molecule has 1 aromatic heterocycles. The number of aromatic nitrogens is 2. The fraction of sp³-hybridized carbons (Fsp3) is 0.765. The lowest BCUT2D eigenvalue weighted by Crippen LogP contribution is -2.54. The minimum atomic E-state index is -0.608. The number of piperidine rings is 1. The minimum absolute atomic E-state index is 0.0392. The van der Waals surface area contributed by atoms with Crippen LogP contribution in [0.5, 0.6) is 0 Å². The van der Waals surface area contributed by atoms with Crippen LogP contribution in [0.15, 0.2) is 0 Å². The number of aliphatic hydroxyl groups excluding tert-OH is 1. The molecule has 1 aliphatic heterocycles. The molecule has 1 aliphatic rings. The first-order valence-corrected chi connectivity index (χ1v) is 8.47. The fourth-order valence-electron chi connectivity index (χ4n) is 2.97. The van der Waals surface area contributed by atoms with Crippen molar-refractivity contribution in [2.45, 2.75) is 65.3 Å². The molecule has 1 aromatic rings. The molecule has 2 rings (SSSR count). The lowest BCUT2D eigenvalue weighted by atomic mass is 10.0. The van der Waals surface area contributed by atoms with Crippen molar-refractivity contribution in [2.24, 2.45) is 7.05 Å². The summed E-state index contributed by atoms with van der Waals surface area (Å²) in [7, 11) is 1.93. The molecule has 2 atom stereocenters. The van der Waals surface area contributed by atoms with Crippen LogP contribution in [0.4, 0.5) is 4.79 Å². The molecular weight excluding hydrogens is 308 g/mol. The maximum absolute atomic E-state index is 12.1. The summed E-state index contributed by atoms with van der Waals surface area (Å²) in [6.45, 7) is 11.1. The maximum Gasteiger partial charge on any atom is 0.410 e. The second kappa shape index (κ2) is 7.11. The predicted molar refractivity (Wildman–Crippen MR) is 91.7 cm³/mol. The Morgan fingerprint density at radius 3 is 2.58 bits per heavy atom. The van der Waals surface area contributed by atoms with Crippen molar-refractivity contribution in [2.75, 3.05) is 13.1 Å². The number of carbonyl (C=O) groups is 1. The van der Waals surface area contributed by atoms with Gasteiger partial charge in [0.25, 0.3) is 0 Å². The lowest BCUT2D eigenvalue weighted by molar-refractivity contribution is -0.00490. The number of rotatable bonds is 3. The van der Waals surface area contributed by atoms with E-state index in [1.807, 2.05) is 46.3 Å². The molecule has 7 heteroatoms. The van der Waals surface area contributed by atoms with Crippen molar-refractivity contribution >= 4 is 6.09 Å². The average Bonchev–Trinajstić information content (AvgIpc) is 2.69. The summed E-state index contributed by atoms with van der Waals surface area (Å²) in [4.78, 5) is 13.7. The van der Waals surface area contributed by atoms with Crippen LogP contribution >= 0.6 is 0 Å². The number of carbonyl (C=O) groups excluding carboxylic acids is 1. The number of aryl methyl sites for hydroxylation is 2. The van der Waals surface area contributed by atoms with Gasteiger partial charge < -0.3 is 20.1 Å². The van der Waals surface area contributed by atoms with E-state index in [0.717, 1.165) is 11.4 Å². The molecule has 1 fully saturated rings. The molecular formula is C17H30N4O3. The fourth-order valence-corrected chi connectivity index (χ4v) is 2.97. The Bertz CT molecular complexity index is 591. The van der Waals surface area contributed by atoms with E-state index in [1.54, 1.807) is 4.90 Å². The van der Waals surface area contributed by atoms with Gasteiger partial charge in [0.2, 0.25) is 0 Å². The van der Waals surface area contributed by atoms with Crippen LogP contribution in [0.25, 0.3) is 0 Å². The molecule has 1 amide bonds. The molecule has 2 N–H and O–H groups in total. The summed E-state index contributed by atoms with van der Waals surface area (Å²) < 4.78 is 7.24. The molecule has 0 aromatic carbocycles. The summed E-state index contributed by atoms with van der Waals surface area (Å²) in [6, 6.07) is -0.0392. The number of ether oxygens (including phenoxy) is 1. The molecule has 136 valence electrons. The van der Waals surface area contributed by atoms with Gasteiger partial charge in [-0.3, -0.25) is 4.68 Å². The Morgan fingerprint density at radius 1 is 1.42 bits per heavy atom. The number of hydrogen-bond donors (Lipinski definition) is 2. The zero-order valence-corrected chi connectivity index (χ0v) is 15.6. The highest BCUT2D eigenvalue weighted by molar-refractivity contribution is 5.68. The van der Waals surface area contributed by atoms with Gasteiger partial charge in [-0.15, -0.1) is 0 Å². The SMILES string of the molecule is Cc1nn(C)c(C)c1CNC1CCN(C(=O)OC(C)(C)C)CC1O. The number of nitrogens with one attached hydrogen (secondary N) is 1. The molecule has 2 unspecified atom stereocenters. The quantitative estimate of drug-likeness (QED) is 0.873. The van der Waals surface area contributed by atoms with E-state index in [9.17, 15) is 9.90 Å². The first-order valence-electron chi connectivity index (χ1n) is 8.47. The molecule has 2 heterocycles. The second-order valence-electron chi connectivity index (χ2n) is 7.54. The van der Waals surface area contributed by atoms with Gasteiger partial charge in [0, 0.05) is 37.4 Å². The number of β-amino-alcohol motifs (C(OH)–C–C–N with tert-alkyl or cyclic N) is 1. The van der Waals surface area contributed by atoms with Crippen LogP contribution in [0.3, 0.4) is 0 Å². The van der Waals surface area contributed by atoms with Crippen LogP contribution in [0.1, 0.15) is 44.1 Å². The zero-order chi connectivity index (χ0) is 18.1. The van der Waals surface area contributed by atoms with E-state index in [4.69, 9.17) is 4.74 Å². The summed E-state index contributed by atoms with van der Waals surface area (Å²) in [5.41, 5.74) is 2.77. The monoisotopic (exact) mass is 338 g/mol. The van der Waals surface area contributed by atoms with Gasteiger partial charge in [-0.05, 0) is 41.0 Å². The lowest BCUT2D eigenvalue weighted by Gasteiger charge is -2.37. The third-order valence-electron chi connectivity index (χ3n) is 4.43. The van der Waals surface area contributed by atoms with Crippen LogP contribution in [0, 0.1) is 13.8 Å². The van der Waals surface area contributed by atoms with E-state index < -0.39 is 11.7 Å². The summed E-state index contributed by atoms with van der Waals surface area (Å²) in [5.74, 6) is 0. The Kier molecular flexibility index (Phi) is 5.55. The molecule has 0 aliphatic carbocycles. The van der Waals surface area contributed by atoms with E-state index in [0.29, 0.717) is 19.5 Å². The van der Waals surface area contributed by atoms with Crippen molar-refractivity contribution in [3.8, 4) is 0 Å². The smallest absolute Gasteiger partial charge is 0.410 e. The largest absolute Gasteiger partial charge is 0.444 e. The number of hydrogen-bond acceptors (Lipinski definition) is 5. The highest BCUT2D eigenvalue weighted by Crippen LogP contribution is 2.17. The van der Waals surface area contributed by atoms with Crippen molar-refractivity contribution in [1.29, 1.82) is 0 Å². The first kappa shape index (κ1) is 18.7. The van der Waals surface area contributed by atoms with Crippen molar-refractivity contribution in [3.05, 3.63) is 17.0 Å². The highest BCUT2D eigenvalue weighted by Gasteiger charge is 2.32. The van der Waals surface area contributed by atoms with Crippen molar-refractivity contribution in [1.82, 2.24) is 20.0 Å². The third kappa shape index (κ3) is 4.48. The Hall–Kier alpha value is -1.60. The number of likely N-dealkylation sites (tertiary alicyclic amines) is 1. The normalized spacial score (nSPS) is 21.9. The van der Waals surface area contributed by atoms with Gasteiger partial charge in [-0.1, -0.05) is 0 Å². The van der Waals surface area contributed by atoms with Crippen molar-refractivity contribution < 1.29 is 14.6 Å². The van der Waals surface area contributed by atoms with Gasteiger partial charge in [-0.25, -0.2) is 4.79 Å². The van der Waals surface area contributed by atoms with Gasteiger partial charge in [0.05, 0.1) is 18.3 Å². The average molecular weight is 338 g/mol. The first-order chi connectivity index (χ1) is 11.1. The minimum Gasteiger partial charge on any atom is -0.444 e. The maximum atomic E-state index is 12.1. The number of nitrogens with zero attached hydrogens (tertiary/aromatic N) is 3. The molecule has 0 saturated carbocycles. The Balaban J connectivity index is 1.88. The summed E-state index contributed by atoms with van der Waals surface area (Å²) in [5, 5.41) is 18.2. The van der Waals surface area contributed by atoms with E-state index in [2.05, 4.69) is 10.4 Å². The van der Waals surface area contributed by atoms with Gasteiger partial charge >= 0.3 is 6.09 Å². The number of amides is 1. The molecule has 0 bridgehead atoms. The zero-order valence-electron chi connectivity index (χ0n) is 15.6. The van der Waals surface area contributed by atoms with Crippen LogP contribution in [-0.4, -0.2) is 56.7 Å². The summed E-state index contributed by atoms with van der Waals surface area (Å²) in [6.07, 6.45) is -0.277. The van der Waals surface area contributed by atoms with Crippen LogP contribution in [0.2, 0.25) is 0 Å². The standard InChI is InChI=1S/C17H30N4O3/c1-11-13(12(2)20(6)19-11)9-18-14-7-8-21(10-15(14)22)16(23)24-17(3,4)5/h14-15,18,22H,7-10H2,1-6H3. The molecule has 0 radical (unpaired) electrons. The van der Waals surface area contributed by atoms with Crippen LogP contribution in [-0.2, 0) is 18.3 Å². The molecule has 0 spiro atoms. The molecule has 24 heavy (non-hydrogen) atoms. The molecule has 1 saturated heterocycles. The van der Waals surface area contributed by atoms with Gasteiger partial charge in [0.15, 0.2) is 0 Å². The topological polar surface area (TPSA) is 79.6 Å². The van der Waals surface area contributed by atoms with Gasteiger partial charge in [0.1, 0.15) is 5.60 Å². The highest BCUT2D eigenvalue weighted by atomic mass is 16.6. The van der Waals surface area contributed by atoms with E-state index >= 15 is 0 Å². The Morgan fingerprint density at radius 2 is 2.08 bits per heavy atom. The van der Waals surface area contributed by atoms with E-state index in [1.165, 1.54) is 5.56 Å². The summed E-state index contributed by atoms with van der Waals surface area (Å²) >= 11 is 0. The second-order valence-corrected chi connectivity index (χ2v) is 7.54. The Labute approximate surface area is 144 Å². The van der Waals surface area contributed by atoms with Crippen LogP contribution < -0.4 is 5.32 Å². The van der Waals surface area contributed by atoms with E-state index in [-0.39, 0.29) is 18.7 Å². The van der Waals surface area contributed by atoms with Gasteiger partial charge in [-0.2, -0.15) is 5.10 Å². The van der Waals surface area contributed by atoms with Crippen molar-refractivity contribution in [3.63, 3.8) is 0 Å².